The monoisotopic (exact) mass is 470 g/mol. The highest BCUT2D eigenvalue weighted by Gasteiger charge is 2.24. The Balaban J connectivity index is 1.67. The number of nitrogens with zero attached hydrogens (tertiary/aromatic N) is 2. The number of anilines is 1. The SMILES string of the molecule is Cc1ccc(C(=O)Nc2ccc3c(C(=O)N[C@H](CO)c4ccccc4)cn(C(C)(C)C)c3n2)cc1. The van der Waals surface area contributed by atoms with E-state index >= 15 is 0 Å². The van der Waals surface area contributed by atoms with Crippen molar-refractivity contribution >= 4 is 28.7 Å². The average Bonchev–Trinajstić information content (AvgIpc) is 3.23. The first-order chi connectivity index (χ1) is 16.7. The van der Waals surface area contributed by atoms with Gasteiger partial charge in [0.25, 0.3) is 11.8 Å². The summed E-state index contributed by atoms with van der Waals surface area (Å²) in [6.07, 6.45) is 1.78. The molecular weight excluding hydrogens is 440 g/mol. The summed E-state index contributed by atoms with van der Waals surface area (Å²) in [6.45, 7) is 7.81. The van der Waals surface area contributed by atoms with Crippen molar-refractivity contribution in [1.29, 1.82) is 0 Å². The Morgan fingerprint density at radius 3 is 2.29 bits per heavy atom. The number of aliphatic hydroxyl groups excluding tert-OH is 1. The second-order valence-corrected chi connectivity index (χ2v) is 9.59. The Kier molecular flexibility index (Phi) is 6.71. The fourth-order valence-corrected chi connectivity index (χ4v) is 3.91. The fraction of sp³-hybridized carbons (Fsp3) is 0.250. The van der Waals surface area contributed by atoms with Crippen LogP contribution in [-0.2, 0) is 5.54 Å². The number of benzene rings is 2. The van der Waals surface area contributed by atoms with Gasteiger partial charge in [-0.15, -0.1) is 0 Å². The molecule has 0 fully saturated rings. The zero-order chi connectivity index (χ0) is 25.2. The van der Waals surface area contributed by atoms with Crippen molar-refractivity contribution in [3.8, 4) is 0 Å². The molecule has 7 nitrogen and oxygen atoms in total. The molecule has 1 atom stereocenters. The lowest BCUT2D eigenvalue weighted by Crippen LogP contribution is -2.30. The number of aromatic nitrogens is 2. The highest BCUT2D eigenvalue weighted by atomic mass is 16.3. The van der Waals surface area contributed by atoms with Crippen LogP contribution in [0, 0.1) is 6.92 Å². The van der Waals surface area contributed by atoms with Crippen LogP contribution in [0.3, 0.4) is 0 Å². The van der Waals surface area contributed by atoms with Crippen molar-refractivity contribution in [3.05, 3.63) is 95.2 Å². The summed E-state index contributed by atoms with van der Waals surface area (Å²) in [5.41, 5.74) is 3.12. The molecule has 7 heteroatoms. The molecule has 35 heavy (non-hydrogen) atoms. The number of hydrogen-bond donors (Lipinski definition) is 3. The number of pyridine rings is 1. The van der Waals surface area contributed by atoms with E-state index in [-0.39, 0.29) is 24.0 Å². The summed E-state index contributed by atoms with van der Waals surface area (Å²) < 4.78 is 1.93. The molecule has 180 valence electrons. The lowest BCUT2D eigenvalue weighted by atomic mass is 10.1. The van der Waals surface area contributed by atoms with Crippen LogP contribution >= 0.6 is 0 Å². The van der Waals surface area contributed by atoms with E-state index in [0.29, 0.717) is 28.0 Å². The van der Waals surface area contributed by atoms with Gasteiger partial charge in [-0.3, -0.25) is 9.59 Å². The van der Waals surface area contributed by atoms with Gasteiger partial charge in [0.1, 0.15) is 11.5 Å². The van der Waals surface area contributed by atoms with Gasteiger partial charge in [-0.05, 0) is 57.5 Å². The molecule has 0 saturated heterocycles. The van der Waals surface area contributed by atoms with Gasteiger partial charge in [0, 0.05) is 22.7 Å². The molecule has 0 unspecified atom stereocenters. The molecule has 0 aliphatic heterocycles. The van der Waals surface area contributed by atoms with E-state index in [1.807, 2.05) is 74.7 Å². The fourth-order valence-electron chi connectivity index (χ4n) is 3.91. The Bertz CT molecular complexity index is 1350. The van der Waals surface area contributed by atoms with E-state index in [4.69, 9.17) is 0 Å². The largest absolute Gasteiger partial charge is 0.394 e. The van der Waals surface area contributed by atoms with Crippen LogP contribution in [0.2, 0.25) is 0 Å². The Morgan fingerprint density at radius 2 is 1.66 bits per heavy atom. The lowest BCUT2D eigenvalue weighted by molar-refractivity contribution is 0.0917. The number of rotatable bonds is 6. The number of aliphatic hydroxyl groups is 1. The standard InChI is InChI=1S/C28H30N4O3/c1-18-10-12-20(13-11-18)26(34)31-24-15-14-21-22(16-32(25(21)30-24)28(2,3)4)27(35)29-23(17-33)19-8-6-5-7-9-19/h5-16,23,33H,17H2,1-4H3,(H,29,35)(H,30,31,34)/t23-/m1/s1. The van der Waals surface area contributed by atoms with Gasteiger partial charge in [0.05, 0.1) is 18.2 Å². The lowest BCUT2D eigenvalue weighted by Gasteiger charge is -2.22. The molecule has 0 spiro atoms. The Hall–Kier alpha value is -3.97. The number of carbonyl (C=O) groups is 2. The molecule has 2 aromatic carbocycles. The molecule has 0 saturated carbocycles. The van der Waals surface area contributed by atoms with Crippen molar-refractivity contribution in [1.82, 2.24) is 14.9 Å². The number of aryl methyl sites for hydroxylation is 1. The van der Waals surface area contributed by atoms with Crippen molar-refractivity contribution < 1.29 is 14.7 Å². The summed E-state index contributed by atoms with van der Waals surface area (Å²) in [5, 5.41) is 16.3. The summed E-state index contributed by atoms with van der Waals surface area (Å²) >= 11 is 0. The Labute approximate surface area is 204 Å². The second kappa shape index (κ2) is 9.72. The molecule has 4 aromatic rings. The van der Waals surface area contributed by atoms with Crippen molar-refractivity contribution in [2.75, 3.05) is 11.9 Å². The molecule has 4 rings (SSSR count). The molecule has 3 N–H and O–H groups in total. The maximum absolute atomic E-state index is 13.3. The normalized spacial score (nSPS) is 12.4. The average molecular weight is 471 g/mol. The van der Waals surface area contributed by atoms with Crippen molar-refractivity contribution in [3.63, 3.8) is 0 Å². The summed E-state index contributed by atoms with van der Waals surface area (Å²) in [7, 11) is 0. The van der Waals surface area contributed by atoms with E-state index in [9.17, 15) is 14.7 Å². The third-order valence-corrected chi connectivity index (χ3v) is 5.86. The maximum Gasteiger partial charge on any atom is 0.256 e. The molecule has 2 heterocycles. The predicted octanol–water partition coefficient (Wildman–Crippen LogP) is 4.82. The van der Waals surface area contributed by atoms with Gasteiger partial charge in [-0.2, -0.15) is 0 Å². The van der Waals surface area contributed by atoms with Gasteiger partial charge in [-0.25, -0.2) is 4.98 Å². The van der Waals surface area contributed by atoms with E-state index in [1.54, 1.807) is 30.5 Å². The topological polar surface area (TPSA) is 96.3 Å². The van der Waals surface area contributed by atoms with Gasteiger partial charge in [0.2, 0.25) is 0 Å². The van der Waals surface area contributed by atoms with Crippen LogP contribution in [0.1, 0.15) is 58.7 Å². The summed E-state index contributed by atoms with van der Waals surface area (Å²) in [5.74, 6) is -0.160. The number of nitrogens with one attached hydrogen (secondary N) is 2. The van der Waals surface area contributed by atoms with Gasteiger partial charge >= 0.3 is 0 Å². The van der Waals surface area contributed by atoms with Crippen LogP contribution in [0.15, 0.2) is 72.9 Å². The zero-order valence-electron chi connectivity index (χ0n) is 20.4. The minimum Gasteiger partial charge on any atom is -0.394 e. The minimum absolute atomic E-state index is 0.221. The first kappa shape index (κ1) is 24.2. The van der Waals surface area contributed by atoms with E-state index in [0.717, 1.165) is 11.1 Å². The van der Waals surface area contributed by atoms with Crippen molar-refractivity contribution in [2.24, 2.45) is 0 Å². The number of amides is 2. The van der Waals surface area contributed by atoms with Crippen LogP contribution in [0.5, 0.6) is 0 Å². The van der Waals surface area contributed by atoms with Crippen LogP contribution in [0.25, 0.3) is 11.0 Å². The minimum atomic E-state index is -0.530. The van der Waals surface area contributed by atoms with Gasteiger partial charge < -0.3 is 20.3 Å². The predicted molar refractivity (Wildman–Crippen MR) is 138 cm³/mol. The van der Waals surface area contributed by atoms with Crippen LogP contribution < -0.4 is 10.6 Å². The Morgan fingerprint density at radius 1 is 0.971 bits per heavy atom. The summed E-state index contributed by atoms with van der Waals surface area (Å²) in [6, 6.07) is 19.6. The van der Waals surface area contributed by atoms with Crippen LogP contribution in [0.4, 0.5) is 5.82 Å². The van der Waals surface area contributed by atoms with E-state index in [2.05, 4.69) is 15.6 Å². The van der Waals surface area contributed by atoms with Gasteiger partial charge in [-0.1, -0.05) is 48.0 Å². The zero-order valence-corrected chi connectivity index (χ0v) is 20.4. The molecule has 0 radical (unpaired) electrons. The second-order valence-electron chi connectivity index (χ2n) is 9.59. The highest BCUT2D eigenvalue weighted by molar-refractivity contribution is 6.08. The third-order valence-electron chi connectivity index (χ3n) is 5.86. The molecule has 2 aromatic heterocycles. The summed E-state index contributed by atoms with van der Waals surface area (Å²) in [4.78, 5) is 30.7. The van der Waals surface area contributed by atoms with Crippen LogP contribution in [-0.4, -0.2) is 33.1 Å². The van der Waals surface area contributed by atoms with E-state index < -0.39 is 6.04 Å². The molecular formula is C28H30N4O3. The number of carbonyl (C=O) groups excluding carboxylic acids is 2. The maximum atomic E-state index is 13.3. The third kappa shape index (κ3) is 5.25. The van der Waals surface area contributed by atoms with Gasteiger partial charge in [0.15, 0.2) is 0 Å². The molecule has 2 amide bonds. The first-order valence-corrected chi connectivity index (χ1v) is 11.5. The quantitative estimate of drug-likeness (QED) is 0.377. The smallest absolute Gasteiger partial charge is 0.256 e. The molecule has 0 bridgehead atoms. The number of hydrogen-bond acceptors (Lipinski definition) is 4. The van der Waals surface area contributed by atoms with E-state index in [1.165, 1.54) is 0 Å². The molecule has 0 aliphatic carbocycles. The van der Waals surface area contributed by atoms with Crippen molar-refractivity contribution in [2.45, 2.75) is 39.3 Å². The number of fused-ring (bicyclic) bond motifs is 1. The first-order valence-electron chi connectivity index (χ1n) is 11.5. The highest BCUT2D eigenvalue weighted by Crippen LogP contribution is 2.28. The molecule has 0 aliphatic rings.